The van der Waals surface area contributed by atoms with E-state index in [0.717, 1.165) is 22.4 Å². The molecule has 184 valence electrons. The van der Waals surface area contributed by atoms with Gasteiger partial charge in [0, 0.05) is 36.0 Å². The molecule has 1 aliphatic rings. The van der Waals surface area contributed by atoms with Crippen molar-refractivity contribution in [3.63, 3.8) is 0 Å². The van der Waals surface area contributed by atoms with Gasteiger partial charge >= 0.3 is 0 Å². The summed E-state index contributed by atoms with van der Waals surface area (Å²) < 4.78 is 32.3. The third-order valence-corrected chi connectivity index (χ3v) is 6.48. The molecule has 2 N–H and O–H groups in total. The zero-order valence-electron chi connectivity index (χ0n) is 19.9. The Labute approximate surface area is 202 Å². The maximum Gasteiger partial charge on any atom is 0.257 e. The number of aromatic nitrogens is 2. The molecule has 1 saturated carbocycles. The first-order valence-electron chi connectivity index (χ1n) is 11.6. The minimum absolute atomic E-state index is 0.132. The van der Waals surface area contributed by atoms with Crippen molar-refractivity contribution in [3.05, 3.63) is 65.3 Å². The van der Waals surface area contributed by atoms with Crippen LogP contribution < -0.4 is 10.6 Å². The molecule has 1 aliphatic carbocycles. The van der Waals surface area contributed by atoms with Crippen molar-refractivity contribution in [2.45, 2.75) is 58.4 Å². The van der Waals surface area contributed by atoms with Crippen LogP contribution in [0.1, 0.15) is 53.0 Å². The number of benzene rings is 1. The summed E-state index contributed by atoms with van der Waals surface area (Å²) in [4.78, 5) is 30.4. The fourth-order valence-electron chi connectivity index (χ4n) is 4.41. The largest absolute Gasteiger partial charge is 0.364 e. The highest BCUT2D eigenvalue weighted by atomic mass is 19.3. The van der Waals surface area contributed by atoms with Gasteiger partial charge in [0.2, 0.25) is 11.8 Å². The van der Waals surface area contributed by atoms with Crippen molar-refractivity contribution in [3.8, 4) is 11.1 Å². The van der Waals surface area contributed by atoms with Gasteiger partial charge in [-0.1, -0.05) is 17.3 Å². The highest BCUT2D eigenvalue weighted by Gasteiger charge is 2.40. The summed E-state index contributed by atoms with van der Waals surface area (Å²) in [6, 6.07) is 8.38. The summed E-state index contributed by atoms with van der Waals surface area (Å²) in [5, 5.41) is 9.25. The van der Waals surface area contributed by atoms with Gasteiger partial charge < -0.3 is 15.2 Å². The smallest absolute Gasteiger partial charge is 0.257 e. The fourth-order valence-corrected chi connectivity index (χ4v) is 4.41. The first-order valence-corrected chi connectivity index (χ1v) is 11.6. The van der Waals surface area contributed by atoms with Crippen LogP contribution in [0.3, 0.4) is 0 Å². The van der Waals surface area contributed by atoms with E-state index in [1.807, 2.05) is 38.2 Å². The molecule has 1 fully saturated rings. The van der Waals surface area contributed by atoms with E-state index in [-0.39, 0.29) is 31.2 Å². The Morgan fingerprint density at radius 2 is 1.77 bits per heavy atom. The van der Waals surface area contributed by atoms with Crippen LogP contribution >= 0.6 is 0 Å². The monoisotopic (exact) mass is 482 g/mol. The number of rotatable bonds is 6. The van der Waals surface area contributed by atoms with Crippen LogP contribution in [0.4, 0.5) is 14.5 Å². The zero-order chi connectivity index (χ0) is 25.2. The lowest BCUT2D eigenvalue weighted by Gasteiger charge is -2.33. The second-order valence-corrected chi connectivity index (χ2v) is 9.17. The topological polar surface area (TPSA) is 97.1 Å². The van der Waals surface area contributed by atoms with Crippen molar-refractivity contribution in [1.82, 2.24) is 15.5 Å². The van der Waals surface area contributed by atoms with Gasteiger partial charge in [0.25, 0.3) is 5.91 Å². The number of alkyl halides is 2. The molecule has 7 nitrogen and oxygen atoms in total. The zero-order valence-corrected chi connectivity index (χ0v) is 19.9. The summed E-state index contributed by atoms with van der Waals surface area (Å²) >= 11 is 0. The molecule has 4 rings (SSSR count). The van der Waals surface area contributed by atoms with Gasteiger partial charge in [0.05, 0.1) is 5.69 Å². The van der Waals surface area contributed by atoms with Crippen LogP contribution in [0.5, 0.6) is 0 Å². The Balaban J connectivity index is 1.52. The minimum Gasteiger partial charge on any atom is -0.364 e. The van der Waals surface area contributed by atoms with Gasteiger partial charge in [0.1, 0.15) is 17.9 Å². The SMILES string of the molecule is Cc1cnc(C)c(-c2ccc(NC(=O)[C@@H](NC(=O)c3conc3C)C3CCC(F)(F)CC3)cc2)c1. The molecule has 2 aromatic heterocycles. The van der Waals surface area contributed by atoms with Crippen molar-refractivity contribution < 1.29 is 22.9 Å². The van der Waals surface area contributed by atoms with Crippen LogP contribution in [-0.4, -0.2) is 33.9 Å². The standard InChI is InChI=1S/C26H28F2N4O3/c1-15-12-21(16(2)29-13-15)18-4-6-20(7-5-18)30-25(34)23(19-8-10-26(27,28)11-9-19)31-24(33)22-14-35-32-17(22)3/h4-7,12-14,19,23H,8-11H2,1-3H3,(H,30,34)(H,31,33)/t23-/m0/s1. The minimum atomic E-state index is -2.74. The van der Waals surface area contributed by atoms with E-state index in [2.05, 4.69) is 20.8 Å². The quantitative estimate of drug-likeness (QED) is 0.502. The number of carbonyl (C=O) groups excluding carboxylic acids is 2. The molecular formula is C26H28F2N4O3. The molecular weight excluding hydrogens is 454 g/mol. The third kappa shape index (κ3) is 5.72. The van der Waals surface area contributed by atoms with Gasteiger partial charge in [-0.05, 0) is 68.9 Å². The van der Waals surface area contributed by atoms with E-state index in [4.69, 9.17) is 4.52 Å². The molecule has 9 heteroatoms. The number of pyridine rings is 1. The molecule has 35 heavy (non-hydrogen) atoms. The van der Waals surface area contributed by atoms with Gasteiger partial charge in [-0.15, -0.1) is 0 Å². The number of carbonyl (C=O) groups is 2. The number of nitrogens with one attached hydrogen (secondary N) is 2. The third-order valence-electron chi connectivity index (χ3n) is 6.48. The van der Waals surface area contributed by atoms with Crippen molar-refractivity contribution >= 4 is 17.5 Å². The fraction of sp³-hybridized carbons (Fsp3) is 0.385. The van der Waals surface area contributed by atoms with Gasteiger partial charge in [-0.2, -0.15) is 0 Å². The predicted molar refractivity (Wildman–Crippen MR) is 127 cm³/mol. The van der Waals surface area contributed by atoms with Crippen molar-refractivity contribution in [1.29, 1.82) is 0 Å². The normalized spacial score (nSPS) is 16.5. The molecule has 2 heterocycles. The lowest BCUT2D eigenvalue weighted by atomic mass is 9.81. The molecule has 0 spiro atoms. The Hall–Kier alpha value is -3.62. The van der Waals surface area contributed by atoms with Crippen LogP contribution in [0.15, 0.2) is 47.3 Å². The lowest BCUT2D eigenvalue weighted by molar-refractivity contribution is -0.121. The number of anilines is 1. The van der Waals surface area contributed by atoms with Crippen molar-refractivity contribution in [2.24, 2.45) is 5.92 Å². The molecule has 0 unspecified atom stereocenters. The van der Waals surface area contributed by atoms with Crippen molar-refractivity contribution in [2.75, 3.05) is 5.32 Å². The van der Waals surface area contributed by atoms with Crippen LogP contribution in [0.25, 0.3) is 11.1 Å². The average molecular weight is 483 g/mol. The maximum absolute atomic E-state index is 13.7. The Bertz CT molecular complexity index is 1210. The van der Waals surface area contributed by atoms with E-state index in [9.17, 15) is 18.4 Å². The molecule has 3 aromatic rings. The van der Waals surface area contributed by atoms with Crippen LogP contribution in [0, 0.1) is 26.7 Å². The number of nitrogens with zero attached hydrogens (tertiary/aromatic N) is 2. The highest BCUT2D eigenvalue weighted by molar-refractivity contribution is 6.01. The van der Waals surface area contributed by atoms with E-state index >= 15 is 0 Å². The summed E-state index contributed by atoms with van der Waals surface area (Å²) in [6.07, 6.45) is 2.64. The summed E-state index contributed by atoms with van der Waals surface area (Å²) in [6.45, 7) is 5.52. The second-order valence-electron chi connectivity index (χ2n) is 9.17. The number of hydrogen-bond acceptors (Lipinski definition) is 5. The van der Waals surface area contributed by atoms with Gasteiger partial charge in [0.15, 0.2) is 0 Å². The van der Waals surface area contributed by atoms with Crippen LogP contribution in [-0.2, 0) is 4.79 Å². The summed E-state index contributed by atoms with van der Waals surface area (Å²) in [5.41, 5.74) is 5.03. The number of halogens is 2. The van der Waals surface area contributed by atoms with Gasteiger partial charge in [-0.3, -0.25) is 14.6 Å². The summed E-state index contributed by atoms with van der Waals surface area (Å²) in [7, 11) is 0. The number of hydrogen-bond donors (Lipinski definition) is 2. The molecule has 2 amide bonds. The van der Waals surface area contributed by atoms with E-state index in [1.54, 1.807) is 19.1 Å². The Morgan fingerprint density at radius 1 is 1.09 bits per heavy atom. The maximum atomic E-state index is 13.7. The molecule has 0 radical (unpaired) electrons. The van der Waals surface area contributed by atoms with Crippen LogP contribution in [0.2, 0.25) is 0 Å². The molecule has 1 atom stereocenters. The Kier molecular flexibility index (Phi) is 6.95. The first kappa shape index (κ1) is 24.5. The molecule has 0 saturated heterocycles. The average Bonchev–Trinajstić information content (AvgIpc) is 3.26. The first-order chi connectivity index (χ1) is 16.6. The van der Waals surface area contributed by atoms with E-state index in [1.165, 1.54) is 6.26 Å². The van der Waals surface area contributed by atoms with E-state index < -0.39 is 29.7 Å². The predicted octanol–water partition coefficient (Wildman–Crippen LogP) is 5.22. The number of aryl methyl sites for hydroxylation is 3. The van der Waals surface area contributed by atoms with E-state index in [0.29, 0.717) is 11.4 Å². The molecule has 0 bridgehead atoms. The number of amides is 2. The summed E-state index contributed by atoms with van der Waals surface area (Å²) in [5.74, 6) is -4.15. The highest BCUT2D eigenvalue weighted by Crippen LogP contribution is 2.38. The Morgan fingerprint density at radius 3 is 2.40 bits per heavy atom. The lowest BCUT2D eigenvalue weighted by Crippen LogP contribution is -2.50. The molecule has 0 aliphatic heterocycles. The second kappa shape index (κ2) is 9.93. The van der Waals surface area contributed by atoms with Gasteiger partial charge in [-0.25, -0.2) is 8.78 Å². The molecule has 1 aromatic carbocycles.